The molecule has 0 fully saturated rings. The summed E-state index contributed by atoms with van der Waals surface area (Å²) in [6.45, 7) is 0. The lowest BCUT2D eigenvalue weighted by Crippen LogP contribution is -1.89. The van der Waals surface area contributed by atoms with Crippen molar-refractivity contribution in [3.8, 4) is 6.07 Å². The van der Waals surface area contributed by atoms with Crippen molar-refractivity contribution in [2.75, 3.05) is 0 Å². The number of hydrogen-bond donors (Lipinski definition) is 0. The van der Waals surface area contributed by atoms with Crippen LogP contribution in [0.15, 0.2) is 12.1 Å². The largest absolute Gasteiger partial charge is 0.239 e. The van der Waals surface area contributed by atoms with E-state index in [2.05, 4.69) is 4.98 Å². The summed E-state index contributed by atoms with van der Waals surface area (Å²) < 4.78 is 0. The molecule has 2 nitrogen and oxygen atoms in total. The molecule has 1 rings (SSSR count). The summed E-state index contributed by atoms with van der Waals surface area (Å²) in [5.74, 6) is 0.231. The molecule has 0 radical (unpaired) electrons. The Morgan fingerprint density at radius 3 is 2.82 bits per heavy atom. The van der Waals surface area contributed by atoms with Crippen molar-refractivity contribution in [3.05, 3.63) is 28.5 Å². The predicted octanol–water partition coefficient (Wildman–Crippen LogP) is 2.35. The van der Waals surface area contributed by atoms with Gasteiger partial charge in [0.15, 0.2) is 0 Å². The number of alkyl halides is 1. The first-order valence-electron chi connectivity index (χ1n) is 2.89. The molecule has 0 N–H and O–H groups in total. The Hall–Kier alpha value is -0.780. The number of nitriles is 1. The molecule has 1 heterocycles. The Kier molecular flexibility index (Phi) is 2.70. The van der Waals surface area contributed by atoms with Crippen LogP contribution in [0.5, 0.6) is 0 Å². The monoisotopic (exact) mass is 186 g/mol. The summed E-state index contributed by atoms with van der Waals surface area (Å²) >= 11 is 11.2. The lowest BCUT2D eigenvalue weighted by atomic mass is 10.3. The van der Waals surface area contributed by atoms with Gasteiger partial charge in [0.25, 0.3) is 0 Å². The second-order valence-electron chi connectivity index (χ2n) is 1.87. The highest BCUT2D eigenvalue weighted by atomic mass is 35.5. The number of pyridine rings is 1. The Morgan fingerprint density at radius 2 is 2.27 bits per heavy atom. The topological polar surface area (TPSA) is 36.7 Å². The van der Waals surface area contributed by atoms with Crippen LogP contribution in [0, 0.1) is 11.3 Å². The minimum absolute atomic E-state index is 0.231. The summed E-state index contributed by atoms with van der Waals surface area (Å²) in [5.41, 5.74) is 0.887. The van der Waals surface area contributed by atoms with E-state index < -0.39 is 0 Å². The predicted molar refractivity (Wildman–Crippen MR) is 43.5 cm³/mol. The van der Waals surface area contributed by atoms with Gasteiger partial charge in [-0.15, -0.1) is 11.6 Å². The Balaban J connectivity index is 3.15. The van der Waals surface area contributed by atoms with Crippen molar-refractivity contribution in [3.63, 3.8) is 0 Å². The van der Waals surface area contributed by atoms with Gasteiger partial charge in [-0.2, -0.15) is 5.26 Å². The SMILES string of the molecule is N#Cc1ccc(Cl)c(CCl)n1. The summed E-state index contributed by atoms with van der Waals surface area (Å²) in [5, 5.41) is 8.95. The van der Waals surface area contributed by atoms with Crippen molar-refractivity contribution in [2.45, 2.75) is 5.88 Å². The van der Waals surface area contributed by atoms with Gasteiger partial charge in [-0.3, -0.25) is 0 Å². The molecule has 0 bridgehead atoms. The fourth-order valence-corrected chi connectivity index (χ4v) is 1.08. The van der Waals surface area contributed by atoms with E-state index >= 15 is 0 Å². The van der Waals surface area contributed by atoms with Crippen LogP contribution in [-0.4, -0.2) is 4.98 Å². The Labute approximate surface area is 74.4 Å². The van der Waals surface area contributed by atoms with Gasteiger partial charge < -0.3 is 0 Å². The summed E-state index contributed by atoms with van der Waals surface area (Å²) in [7, 11) is 0. The smallest absolute Gasteiger partial charge is 0.140 e. The lowest BCUT2D eigenvalue weighted by molar-refractivity contribution is 1.14. The van der Waals surface area contributed by atoms with Gasteiger partial charge >= 0.3 is 0 Å². The van der Waals surface area contributed by atoms with Crippen LogP contribution in [-0.2, 0) is 5.88 Å². The van der Waals surface area contributed by atoms with Crippen LogP contribution in [0.4, 0.5) is 0 Å². The van der Waals surface area contributed by atoms with Crippen LogP contribution in [0.25, 0.3) is 0 Å². The minimum atomic E-state index is 0.231. The molecule has 0 spiro atoms. The van der Waals surface area contributed by atoms with E-state index in [0.717, 1.165) is 0 Å². The highest BCUT2D eigenvalue weighted by Crippen LogP contribution is 2.15. The first kappa shape index (κ1) is 8.32. The minimum Gasteiger partial charge on any atom is -0.239 e. The molecule has 0 aliphatic heterocycles. The Morgan fingerprint density at radius 1 is 1.55 bits per heavy atom. The van der Waals surface area contributed by atoms with E-state index in [4.69, 9.17) is 28.5 Å². The molecule has 11 heavy (non-hydrogen) atoms. The van der Waals surface area contributed by atoms with Crippen molar-refractivity contribution in [1.82, 2.24) is 4.98 Å². The van der Waals surface area contributed by atoms with Crippen molar-refractivity contribution < 1.29 is 0 Å². The van der Waals surface area contributed by atoms with Gasteiger partial charge in [0.1, 0.15) is 11.8 Å². The second kappa shape index (κ2) is 3.56. The van der Waals surface area contributed by atoms with Crippen molar-refractivity contribution >= 4 is 23.2 Å². The molecule has 0 aromatic carbocycles. The summed E-state index contributed by atoms with van der Waals surface area (Å²) in [4.78, 5) is 3.88. The van der Waals surface area contributed by atoms with Crippen LogP contribution >= 0.6 is 23.2 Å². The molecule has 0 aliphatic rings. The van der Waals surface area contributed by atoms with Crippen LogP contribution in [0.3, 0.4) is 0 Å². The van der Waals surface area contributed by atoms with Crippen LogP contribution in [0.1, 0.15) is 11.4 Å². The molecule has 0 aliphatic carbocycles. The molecule has 4 heteroatoms. The molecule has 0 amide bonds. The van der Waals surface area contributed by atoms with E-state index in [0.29, 0.717) is 16.4 Å². The van der Waals surface area contributed by atoms with Crippen molar-refractivity contribution in [1.29, 1.82) is 5.26 Å². The quantitative estimate of drug-likeness (QED) is 0.632. The normalized spacial score (nSPS) is 9.18. The van der Waals surface area contributed by atoms with E-state index in [1.54, 1.807) is 12.1 Å². The van der Waals surface area contributed by atoms with E-state index in [1.165, 1.54) is 0 Å². The zero-order chi connectivity index (χ0) is 8.27. The average Bonchev–Trinajstić information content (AvgIpc) is 2.05. The molecule has 1 aromatic rings. The molecule has 56 valence electrons. The first-order chi connectivity index (χ1) is 5.27. The number of rotatable bonds is 1. The Bertz CT molecular complexity index is 304. The standard InChI is InChI=1S/C7H4Cl2N2/c8-3-7-6(9)2-1-5(4-10)11-7/h1-2H,3H2. The molecule has 1 aromatic heterocycles. The zero-order valence-electron chi connectivity index (χ0n) is 5.51. The maximum Gasteiger partial charge on any atom is 0.140 e. The number of aromatic nitrogens is 1. The number of hydrogen-bond acceptors (Lipinski definition) is 2. The van der Waals surface area contributed by atoms with Gasteiger partial charge in [-0.25, -0.2) is 4.98 Å². The zero-order valence-corrected chi connectivity index (χ0v) is 7.02. The summed E-state index contributed by atoms with van der Waals surface area (Å²) in [6.07, 6.45) is 0. The van der Waals surface area contributed by atoms with E-state index in [9.17, 15) is 0 Å². The molecular formula is C7H4Cl2N2. The van der Waals surface area contributed by atoms with E-state index in [1.807, 2.05) is 6.07 Å². The fraction of sp³-hybridized carbons (Fsp3) is 0.143. The summed E-state index contributed by atoms with van der Waals surface area (Å²) in [6, 6.07) is 5.07. The molecule has 0 unspecified atom stereocenters. The third-order valence-electron chi connectivity index (χ3n) is 1.16. The first-order valence-corrected chi connectivity index (χ1v) is 3.80. The maximum atomic E-state index is 8.45. The molecule has 0 saturated carbocycles. The molecular weight excluding hydrogens is 183 g/mol. The number of nitrogens with zero attached hydrogens (tertiary/aromatic N) is 2. The third-order valence-corrected chi connectivity index (χ3v) is 1.76. The van der Waals surface area contributed by atoms with Gasteiger partial charge in [0, 0.05) is 0 Å². The van der Waals surface area contributed by atoms with Gasteiger partial charge in [-0.05, 0) is 12.1 Å². The van der Waals surface area contributed by atoms with Crippen LogP contribution < -0.4 is 0 Å². The van der Waals surface area contributed by atoms with Gasteiger partial charge in [0.05, 0.1) is 16.6 Å². The van der Waals surface area contributed by atoms with Crippen molar-refractivity contribution in [2.24, 2.45) is 0 Å². The lowest BCUT2D eigenvalue weighted by Gasteiger charge is -1.96. The second-order valence-corrected chi connectivity index (χ2v) is 2.54. The molecule has 0 atom stereocenters. The highest BCUT2D eigenvalue weighted by Gasteiger charge is 2.00. The van der Waals surface area contributed by atoms with E-state index in [-0.39, 0.29) is 5.88 Å². The average molecular weight is 187 g/mol. The molecule has 0 saturated heterocycles. The number of halogens is 2. The highest BCUT2D eigenvalue weighted by molar-refractivity contribution is 6.32. The van der Waals surface area contributed by atoms with Gasteiger partial charge in [0.2, 0.25) is 0 Å². The third kappa shape index (κ3) is 1.83. The fourth-order valence-electron chi connectivity index (χ4n) is 0.640. The van der Waals surface area contributed by atoms with Gasteiger partial charge in [-0.1, -0.05) is 11.6 Å². The van der Waals surface area contributed by atoms with Crippen LogP contribution in [0.2, 0.25) is 5.02 Å². The maximum absolute atomic E-state index is 8.45.